The summed E-state index contributed by atoms with van der Waals surface area (Å²) in [6.45, 7) is -0.707. The Kier molecular flexibility index (Phi) is 6.94. The fraction of sp³-hybridized carbons (Fsp3) is 0.348. The molecular formula is C23H23F2N3O4S. The lowest BCUT2D eigenvalue weighted by Gasteiger charge is -2.46. The standard InChI is InChI=1S/C23H23F2N3O4S/c24-10-17-9-16-12-33-21(27-20(29)15-4-2-1-3-5-15)28-23(16,13-32-17)18-8-14(6-7-19(18)25)11-26-22(30)31/h1-8,16-17,26H,9-13H2,(H,30,31)(H,27,28,29)/t16-,17+,23?/m0/s1. The predicted molar refractivity (Wildman–Crippen MR) is 121 cm³/mol. The second-order valence-corrected chi connectivity index (χ2v) is 8.97. The van der Waals surface area contributed by atoms with Gasteiger partial charge in [-0.2, -0.15) is 0 Å². The molecule has 7 nitrogen and oxygen atoms in total. The van der Waals surface area contributed by atoms with Crippen LogP contribution >= 0.6 is 11.8 Å². The molecule has 10 heteroatoms. The number of aliphatic imine (C=N–C) groups is 1. The Morgan fingerprint density at radius 3 is 2.76 bits per heavy atom. The highest BCUT2D eigenvalue weighted by Crippen LogP contribution is 2.47. The van der Waals surface area contributed by atoms with E-state index in [1.54, 1.807) is 36.4 Å². The van der Waals surface area contributed by atoms with E-state index in [1.165, 1.54) is 23.9 Å². The van der Waals surface area contributed by atoms with Gasteiger partial charge in [-0.1, -0.05) is 36.0 Å². The summed E-state index contributed by atoms with van der Waals surface area (Å²) < 4.78 is 34.2. The van der Waals surface area contributed by atoms with Gasteiger partial charge in [0.1, 0.15) is 18.0 Å². The Bertz CT molecular complexity index is 1070. The van der Waals surface area contributed by atoms with Gasteiger partial charge in [0.15, 0.2) is 5.17 Å². The van der Waals surface area contributed by atoms with Crippen molar-refractivity contribution in [3.05, 3.63) is 71.0 Å². The zero-order valence-corrected chi connectivity index (χ0v) is 18.4. The van der Waals surface area contributed by atoms with E-state index in [2.05, 4.69) is 10.6 Å². The fourth-order valence-corrected chi connectivity index (χ4v) is 5.31. The van der Waals surface area contributed by atoms with E-state index in [9.17, 15) is 14.0 Å². The highest BCUT2D eigenvalue weighted by Gasteiger charge is 2.49. The van der Waals surface area contributed by atoms with Gasteiger partial charge >= 0.3 is 6.09 Å². The monoisotopic (exact) mass is 475 g/mol. The fourth-order valence-electron chi connectivity index (χ4n) is 4.15. The molecule has 2 heterocycles. The van der Waals surface area contributed by atoms with Crippen LogP contribution in [0.5, 0.6) is 0 Å². The first-order valence-electron chi connectivity index (χ1n) is 10.4. The summed E-state index contributed by atoms with van der Waals surface area (Å²) in [6, 6.07) is 13.0. The van der Waals surface area contributed by atoms with Crippen molar-refractivity contribution in [3.8, 4) is 0 Å². The number of hydrogen-bond donors (Lipinski definition) is 3. The van der Waals surface area contributed by atoms with Crippen LogP contribution in [0.4, 0.5) is 13.6 Å². The van der Waals surface area contributed by atoms with Gasteiger partial charge in [0.2, 0.25) is 0 Å². The zero-order valence-electron chi connectivity index (χ0n) is 17.6. The van der Waals surface area contributed by atoms with Gasteiger partial charge < -0.3 is 20.5 Å². The third-order valence-corrected chi connectivity index (χ3v) is 6.89. The average Bonchev–Trinajstić information content (AvgIpc) is 2.83. The van der Waals surface area contributed by atoms with Crippen molar-refractivity contribution in [1.82, 2.24) is 10.6 Å². The van der Waals surface area contributed by atoms with Crippen molar-refractivity contribution >= 4 is 28.9 Å². The zero-order chi connectivity index (χ0) is 23.4. The van der Waals surface area contributed by atoms with Gasteiger partial charge in [-0.15, -0.1) is 0 Å². The molecule has 2 aliphatic heterocycles. The van der Waals surface area contributed by atoms with Crippen LogP contribution in [0.25, 0.3) is 0 Å². The molecule has 0 bridgehead atoms. The quantitative estimate of drug-likeness (QED) is 0.613. The Hall–Kier alpha value is -2.98. The molecule has 0 saturated carbocycles. The van der Waals surface area contributed by atoms with Gasteiger partial charge in [0.25, 0.3) is 5.91 Å². The maximum Gasteiger partial charge on any atom is 0.404 e. The molecule has 3 atom stereocenters. The highest BCUT2D eigenvalue weighted by molar-refractivity contribution is 8.13. The molecule has 33 heavy (non-hydrogen) atoms. The molecule has 2 amide bonds. The number of carbonyl (C=O) groups excluding carboxylic acids is 1. The Morgan fingerprint density at radius 2 is 2.03 bits per heavy atom. The molecule has 3 N–H and O–H groups in total. The summed E-state index contributed by atoms with van der Waals surface area (Å²) in [5.74, 6) is -0.601. The number of nitrogens with one attached hydrogen (secondary N) is 2. The van der Waals surface area contributed by atoms with Crippen LogP contribution in [0.15, 0.2) is 53.5 Å². The molecule has 1 fully saturated rings. The molecule has 0 aromatic heterocycles. The first-order valence-corrected chi connectivity index (χ1v) is 11.4. The van der Waals surface area contributed by atoms with Crippen LogP contribution in [0, 0.1) is 11.7 Å². The number of amides is 2. The van der Waals surface area contributed by atoms with Crippen LogP contribution in [0.3, 0.4) is 0 Å². The predicted octanol–water partition coefficient (Wildman–Crippen LogP) is 3.70. The number of thioether (sulfide) groups is 1. The number of halogens is 2. The number of fused-ring (bicyclic) bond motifs is 1. The minimum Gasteiger partial charge on any atom is -0.465 e. The molecule has 1 unspecified atom stereocenters. The van der Waals surface area contributed by atoms with Crippen molar-refractivity contribution in [2.75, 3.05) is 19.0 Å². The van der Waals surface area contributed by atoms with Gasteiger partial charge in [0, 0.05) is 29.3 Å². The summed E-state index contributed by atoms with van der Waals surface area (Å²) >= 11 is 1.33. The minimum atomic E-state index is -1.19. The number of carbonyl (C=O) groups is 2. The molecule has 0 spiro atoms. The summed E-state index contributed by atoms with van der Waals surface area (Å²) in [7, 11) is 0. The Balaban J connectivity index is 1.70. The second-order valence-electron chi connectivity index (χ2n) is 7.97. The van der Waals surface area contributed by atoms with Crippen molar-refractivity contribution in [2.45, 2.75) is 24.6 Å². The molecule has 0 radical (unpaired) electrons. The van der Waals surface area contributed by atoms with E-state index in [1.807, 2.05) is 0 Å². The molecule has 4 rings (SSSR count). The Labute approximate surface area is 193 Å². The van der Waals surface area contributed by atoms with E-state index in [0.29, 0.717) is 28.5 Å². The maximum atomic E-state index is 15.1. The van der Waals surface area contributed by atoms with E-state index >= 15 is 4.39 Å². The van der Waals surface area contributed by atoms with Crippen LogP contribution in [-0.2, 0) is 16.8 Å². The largest absolute Gasteiger partial charge is 0.465 e. The summed E-state index contributed by atoms with van der Waals surface area (Å²) in [6.07, 6.45) is -1.44. The van der Waals surface area contributed by atoms with Crippen molar-refractivity contribution in [1.29, 1.82) is 0 Å². The van der Waals surface area contributed by atoms with Crippen molar-refractivity contribution in [2.24, 2.45) is 10.9 Å². The third-order valence-electron chi connectivity index (χ3n) is 5.85. The van der Waals surface area contributed by atoms with Crippen LogP contribution < -0.4 is 10.6 Å². The van der Waals surface area contributed by atoms with Gasteiger partial charge in [-0.05, 0) is 36.2 Å². The first kappa shape index (κ1) is 23.2. The number of hydrogen-bond acceptors (Lipinski definition) is 5. The lowest BCUT2D eigenvalue weighted by atomic mass is 9.74. The SMILES string of the molecule is O=C(O)NCc1ccc(F)c(C23CO[C@@H](CF)C[C@H]2CSC(NC(=O)c2ccccc2)=N3)c1. The first-order chi connectivity index (χ1) is 15.9. The summed E-state index contributed by atoms with van der Waals surface area (Å²) in [5, 5.41) is 14.3. The third kappa shape index (κ3) is 5.01. The number of alkyl halides is 1. The number of carboxylic acid groups (broad SMARTS) is 1. The van der Waals surface area contributed by atoms with E-state index < -0.39 is 30.2 Å². The number of benzene rings is 2. The smallest absolute Gasteiger partial charge is 0.404 e. The van der Waals surface area contributed by atoms with E-state index in [0.717, 1.165) is 0 Å². The van der Waals surface area contributed by atoms with Crippen molar-refractivity contribution in [3.63, 3.8) is 0 Å². The molecule has 0 aliphatic carbocycles. The number of nitrogens with zero attached hydrogens (tertiary/aromatic N) is 1. The lowest BCUT2D eigenvalue weighted by molar-refractivity contribution is -0.0653. The minimum absolute atomic E-state index is 0.00656. The number of ether oxygens (including phenoxy) is 1. The van der Waals surface area contributed by atoms with Gasteiger partial charge in [-0.25, -0.2) is 18.6 Å². The topological polar surface area (TPSA) is 100 Å². The lowest BCUT2D eigenvalue weighted by Crippen LogP contribution is -2.51. The van der Waals surface area contributed by atoms with Crippen LogP contribution in [0.1, 0.15) is 27.9 Å². The Morgan fingerprint density at radius 1 is 1.24 bits per heavy atom. The maximum absolute atomic E-state index is 15.1. The highest BCUT2D eigenvalue weighted by atomic mass is 32.2. The number of rotatable bonds is 5. The summed E-state index contributed by atoms with van der Waals surface area (Å²) in [4.78, 5) is 28.3. The average molecular weight is 476 g/mol. The molecular weight excluding hydrogens is 452 g/mol. The molecule has 2 aliphatic rings. The van der Waals surface area contributed by atoms with Crippen LogP contribution in [0.2, 0.25) is 0 Å². The molecule has 2 aromatic carbocycles. The van der Waals surface area contributed by atoms with Gasteiger partial charge in [0.05, 0.1) is 12.7 Å². The normalized spacial score (nSPS) is 24.4. The van der Waals surface area contributed by atoms with Gasteiger partial charge in [-0.3, -0.25) is 4.79 Å². The molecule has 2 aromatic rings. The molecule has 174 valence electrons. The van der Waals surface area contributed by atoms with E-state index in [4.69, 9.17) is 14.8 Å². The summed E-state index contributed by atoms with van der Waals surface area (Å²) in [5.41, 5.74) is 0.0842. The molecule has 1 saturated heterocycles. The number of amidine groups is 1. The van der Waals surface area contributed by atoms with E-state index in [-0.39, 0.29) is 30.5 Å². The second kappa shape index (κ2) is 9.88. The van der Waals surface area contributed by atoms with Crippen LogP contribution in [-0.4, -0.2) is 47.4 Å². The van der Waals surface area contributed by atoms with Crippen molar-refractivity contribution < 1.29 is 28.2 Å².